The summed E-state index contributed by atoms with van der Waals surface area (Å²) in [6.45, 7) is 1.76. The standard InChI is InChI=1S/C12H11F6NO/c1-2-7-4-3-5-8(6-7)19-10(20)9(11(13,14)15)12(16,17)18/h3-6,9H,2H2,1H3,(H,19,20). The lowest BCUT2D eigenvalue weighted by Gasteiger charge is -2.22. The van der Waals surface area contributed by atoms with E-state index >= 15 is 0 Å². The molecule has 0 heterocycles. The average Bonchev–Trinajstić information content (AvgIpc) is 2.24. The van der Waals surface area contributed by atoms with E-state index in [1.807, 2.05) is 0 Å². The molecular weight excluding hydrogens is 288 g/mol. The fraction of sp³-hybridized carbons (Fsp3) is 0.417. The molecule has 0 atom stereocenters. The SMILES string of the molecule is CCc1cccc(NC(=O)C(C(F)(F)F)C(F)(F)F)c1. The molecule has 1 aromatic rings. The Morgan fingerprint density at radius 1 is 1.15 bits per heavy atom. The lowest BCUT2D eigenvalue weighted by atomic mass is 10.1. The van der Waals surface area contributed by atoms with E-state index in [1.165, 1.54) is 18.2 Å². The van der Waals surface area contributed by atoms with Gasteiger partial charge in [-0.25, -0.2) is 0 Å². The highest BCUT2D eigenvalue weighted by molar-refractivity contribution is 5.93. The number of hydrogen-bond acceptors (Lipinski definition) is 1. The number of halogens is 6. The Bertz CT molecular complexity index is 466. The van der Waals surface area contributed by atoms with Gasteiger partial charge in [-0.3, -0.25) is 4.79 Å². The first-order valence-electron chi connectivity index (χ1n) is 5.59. The molecule has 1 amide bonds. The first-order valence-corrected chi connectivity index (χ1v) is 5.59. The summed E-state index contributed by atoms with van der Waals surface area (Å²) in [5.41, 5.74) is 0.575. The van der Waals surface area contributed by atoms with Crippen LogP contribution in [0.5, 0.6) is 0 Å². The van der Waals surface area contributed by atoms with E-state index in [0.29, 0.717) is 12.0 Å². The summed E-state index contributed by atoms with van der Waals surface area (Å²) in [6, 6.07) is 5.62. The summed E-state index contributed by atoms with van der Waals surface area (Å²) in [5.74, 6) is -6.18. The van der Waals surface area contributed by atoms with Crippen LogP contribution < -0.4 is 5.32 Å². The molecule has 0 aromatic heterocycles. The molecule has 0 aliphatic rings. The summed E-state index contributed by atoms with van der Waals surface area (Å²) in [6.07, 6.45) is -10.8. The van der Waals surface area contributed by atoms with Crippen LogP contribution in [0.2, 0.25) is 0 Å². The number of rotatable bonds is 3. The van der Waals surface area contributed by atoms with Gasteiger partial charge in [-0.15, -0.1) is 0 Å². The number of alkyl halides is 6. The lowest BCUT2D eigenvalue weighted by Crippen LogP contribution is -2.45. The van der Waals surface area contributed by atoms with Crippen LogP contribution in [0, 0.1) is 5.92 Å². The molecule has 0 unspecified atom stereocenters. The number of carbonyl (C=O) groups excluding carboxylic acids is 1. The Labute approximate surface area is 110 Å². The van der Waals surface area contributed by atoms with E-state index in [2.05, 4.69) is 0 Å². The van der Waals surface area contributed by atoms with Crippen LogP contribution in [-0.4, -0.2) is 18.3 Å². The highest BCUT2D eigenvalue weighted by atomic mass is 19.4. The lowest BCUT2D eigenvalue weighted by molar-refractivity contribution is -0.272. The molecule has 20 heavy (non-hydrogen) atoms. The molecule has 0 aliphatic heterocycles. The van der Waals surface area contributed by atoms with E-state index in [9.17, 15) is 31.1 Å². The van der Waals surface area contributed by atoms with E-state index in [0.717, 1.165) is 0 Å². The van der Waals surface area contributed by atoms with Crippen LogP contribution >= 0.6 is 0 Å². The Morgan fingerprint density at radius 2 is 1.70 bits per heavy atom. The fourth-order valence-electron chi connectivity index (χ4n) is 1.57. The van der Waals surface area contributed by atoms with Crippen molar-refractivity contribution in [3.8, 4) is 0 Å². The molecule has 0 saturated heterocycles. The summed E-state index contributed by atoms with van der Waals surface area (Å²) in [7, 11) is 0. The third kappa shape index (κ3) is 4.14. The number of amides is 1. The van der Waals surface area contributed by atoms with Gasteiger partial charge >= 0.3 is 12.4 Å². The zero-order valence-electron chi connectivity index (χ0n) is 10.3. The van der Waals surface area contributed by atoms with Crippen molar-refractivity contribution < 1.29 is 31.1 Å². The van der Waals surface area contributed by atoms with E-state index in [-0.39, 0.29) is 5.69 Å². The van der Waals surface area contributed by atoms with Crippen molar-refractivity contribution in [3.05, 3.63) is 29.8 Å². The number of hydrogen-bond donors (Lipinski definition) is 1. The molecule has 0 aliphatic carbocycles. The van der Waals surface area contributed by atoms with Crippen molar-refractivity contribution in [1.29, 1.82) is 0 Å². The largest absolute Gasteiger partial charge is 0.409 e. The zero-order chi connectivity index (χ0) is 15.6. The van der Waals surface area contributed by atoms with Crippen LogP contribution in [0.25, 0.3) is 0 Å². The van der Waals surface area contributed by atoms with Crippen molar-refractivity contribution in [2.75, 3.05) is 5.32 Å². The summed E-state index contributed by atoms with van der Waals surface area (Å²) in [5, 5.41) is 1.65. The van der Waals surface area contributed by atoms with Gasteiger partial charge in [-0.2, -0.15) is 26.3 Å². The number of anilines is 1. The Kier molecular flexibility index (Phi) is 4.67. The van der Waals surface area contributed by atoms with E-state index < -0.39 is 24.2 Å². The predicted octanol–water partition coefficient (Wildman–Crippen LogP) is 3.93. The monoisotopic (exact) mass is 299 g/mol. The number of carbonyl (C=O) groups is 1. The van der Waals surface area contributed by atoms with E-state index in [4.69, 9.17) is 0 Å². The molecule has 1 aromatic carbocycles. The molecule has 0 bridgehead atoms. The molecule has 0 fully saturated rings. The van der Waals surface area contributed by atoms with Gasteiger partial charge in [-0.1, -0.05) is 19.1 Å². The fourth-order valence-corrected chi connectivity index (χ4v) is 1.57. The predicted molar refractivity (Wildman–Crippen MR) is 60.0 cm³/mol. The second kappa shape index (κ2) is 5.72. The maximum atomic E-state index is 12.3. The van der Waals surface area contributed by atoms with Crippen LogP contribution in [0.1, 0.15) is 12.5 Å². The third-order valence-electron chi connectivity index (χ3n) is 2.52. The Morgan fingerprint density at radius 3 is 2.15 bits per heavy atom. The average molecular weight is 299 g/mol. The van der Waals surface area contributed by atoms with Crippen molar-refractivity contribution >= 4 is 11.6 Å². The zero-order valence-corrected chi connectivity index (χ0v) is 10.3. The highest BCUT2D eigenvalue weighted by Crippen LogP contribution is 2.39. The van der Waals surface area contributed by atoms with Crippen LogP contribution in [0.15, 0.2) is 24.3 Å². The Hall–Kier alpha value is -1.73. The summed E-state index contributed by atoms with van der Waals surface area (Å²) < 4.78 is 74.0. The smallest absolute Gasteiger partial charge is 0.325 e. The van der Waals surface area contributed by atoms with E-state index in [1.54, 1.807) is 18.3 Å². The molecule has 0 saturated carbocycles. The number of nitrogens with one attached hydrogen (secondary N) is 1. The first kappa shape index (κ1) is 16.3. The van der Waals surface area contributed by atoms with Crippen molar-refractivity contribution in [3.63, 3.8) is 0 Å². The molecule has 0 spiro atoms. The molecule has 1 rings (SSSR count). The van der Waals surface area contributed by atoms with Gasteiger partial charge in [0, 0.05) is 5.69 Å². The van der Waals surface area contributed by atoms with Gasteiger partial charge in [0.25, 0.3) is 0 Å². The van der Waals surface area contributed by atoms with Gasteiger partial charge in [-0.05, 0) is 24.1 Å². The molecule has 2 nitrogen and oxygen atoms in total. The minimum absolute atomic E-state index is 0.104. The maximum Gasteiger partial charge on any atom is 0.409 e. The quantitative estimate of drug-likeness (QED) is 0.842. The topological polar surface area (TPSA) is 29.1 Å². The second-order valence-corrected chi connectivity index (χ2v) is 4.06. The molecule has 112 valence electrons. The molecule has 8 heteroatoms. The van der Waals surface area contributed by atoms with Crippen molar-refractivity contribution in [2.45, 2.75) is 25.7 Å². The normalized spacial score (nSPS) is 12.6. The molecule has 1 N–H and O–H groups in total. The van der Waals surface area contributed by atoms with Crippen LogP contribution in [0.3, 0.4) is 0 Å². The van der Waals surface area contributed by atoms with Gasteiger partial charge in [0.2, 0.25) is 11.8 Å². The van der Waals surface area contributed by atoms with Crippen molar-refractivity contribution in [1.82, 2.24) is 0 Å². The second-order valence-electron chi connectivity index (χ2n) is 4.06. The molecular formula is C12H11F6NO. The number of aryl methyl sites for hydroxylation is 1. The highest BCUT2D eigenvalue weighted by Gasteiger charge is 2.61. The van der Waals surface area contributed by atoms with Crippen LogP contribution in [0.4, 0.5) is 32.0 Å². The third-order valence-corrected chi connectivity index (χ3v) is 2.52. The Balaban J connectivity index is 2.97. The van der Waals surface area contributed by atoms with Gasteiger partial charge in [0.1, 0.15) is 0 Å². The summed E-state index contributed by atoms with van der Waals surface area (Å²) >= 11 is 0. The van der Waals surface area contributed by atoms with Gasteiger partial charge < -0.3 is 5.32 Å². The maximum absolute atomic E-state index is 12.3. The minimum Gasteiger partial charge on any atom is -0.325 e. The van der Waals surface area contributed by atoms with Gasteiger partial charge in [0.05, 0.1) is 0 Å². The first-order chi connectivity index (χ1) is 9.05. The van der Waals surface area contributed by atoms with Gasteiger partial charge in [0.15, 0.2) is 0 Å². The van der Waals surface area contributed by atoms with Crippen LogP contribution in [-0.2, 0) is 11.2 Å². The summed E-state index contributed by atoms with van der Waals surface area (Å²) in [4.78, 5) is 11.3. The van der Waals surface area contributed by atoms with Crippen molar-refractivity contribution in [2.24, 2.45) is 5.92 Å². The molecule has 0 radical (unpaired) electrons. The number of benzene rings is 1. The minimum atomic E-state index is -5.69.